The van der Waals surface area contributed by atoms with E-state index in [1.807, 2.05) is 36.4 Å². The van der Waals surface area contributed by atoms with Gasteiger partial charge in [0.2, 0.25) is 0 Å². The molecule has 2 rings (SSSR count). The van der Waals surface area contributed by atoms with Gasteiger partial charge < -0.3 is 5.11 Å². The van der Waals surface area contributed by atoms with Crippen LogP contribution < -0.4 is 0 Å². The topological polar surface area (TPSA) is 36.4 Å². The zero-order valence-electron chi connectivity index (χ0n) is 12.6. The molecular weight excluding hydrogens is 305 g/mol. The molecule has 0 atom stereocenters. The van der Waals surface area contributed by atoms with Gasteiger partial charge in [-0.05, 0) is 30.2 Å². The van der Waals surface area contributed by atoms with Crippen molar-refractivity contribution in [2.75, 3.05) is 19.7 Å². The second-order valence-corrected chi connectivity index (χ2v) is 5.32. The Balaban J connectivity index is 2.13. The number of halogens is 3. The Morgan fingerprint density at radius 1 is 1.09 bits per heavy atom. The summed E-state index contributed by atoms with van der Waals surface area (Å²) in [6.45, 7) is -0.729. The van der Waals surface area contributed by atoms with E-state index in [9.17, 15) is 13.2 Å². The smallest absolute Gasteiger partial charge is 0.396 e. The van der Waals surface area contributed by atoms with E-state index in [-0.39, 0.29) is 19.7 Å². The van der Waals surface area contributed by atoms with Crippen LogP contribution in [-0.2, 0) is 6.54 Å². The average molecular weight is 324 g/mol. The van der Waals surface area contributed by atoms with Gasteiger partial charge >= 0.3 is 6.18 Å². The van der Waals surface area contributed by atoms with Crippen LogP contribution >= 0.6 is 0 Å². The van der Waals surface area contributed by atoms with Crippen molar-refractivity contribution in [1.82, 2.24) is 9.88 Å². The van der Waals surface area contributed by atoms with Gasteiger partial charge in [-0.1, -0.05) is 24.3 Å². The Morgan fingerprint density at radius 3 is 2.57 bits per heavy atom. The summed E-state index contributed by atoms with van der Waals surface area (Å²) < 4.78 is 38.0. The van der Waals surface area contributed by atoms with Gasteiger partial charge in [-0.2, -0.15) is 13.2 Å². The molecule has 0 aliphatic heterocycles. The summed E-state index contributed by atoms with van der Waals surface area (Å²) in [6.07, 6.45) is -2.26. The number of rotatable bonds is 7. The molecule has 23 heavy (non-hydrogen) atoms. The van der Waals surface area contributed by atoms with Crippen molar-refractivity contribution in [2.45, 2.75) is 19.1 Å². The van der Waals surface area contributed by atoms with E-state index in [1.165, 1.54) is 4.90 Å². The van der Waals surface area contributed by atoms with Crippen LogP contribution in [0.3, 0.4) is 0 Å². The summed E-state index contributed by atoms with van der Waals surface area (Å²) in [5.41, 5.74) is 2.44. The van der Waals surface area contributed by atoms with Crippen molar-refractivity contribution in [1.29, 1.82) is 0 Å². The molecule has 0 aliphatic rings. The third-order valence-corrected chi connectivity index (χ3v) is 3.33. The predicted molar refractivity (Wildman–Crippen MR) is 82.7 cm³/mol. The molecule has 0 radical (unpaired) electrons. The number of aromatic nitrogens is 1. The first-order valence-corrected chi connectivity index (χ1v) is 7.38. The lowest BCUT2D eigenvalue weighted by Gasteiger charge is -2.23. The van der Waals surface area contributed by atoms with Crippen LogP contribution in [0.15, 0.2) is 48.7 Å². The van der Waals surface area contributed by atoms with Gasteiger partial charge in [0, 0.05) is 31.5 Å². The lowest BCUT2D eigenvalue weighted by atomic mass is 10.1. The van der Waals surface area contributed by atoms with Crippen LogP contribution in [-0.4, -0.2) is 40.9 Å². The van der Waals surface area contributed by atoms with Gasteiger partial charge in [0.05, 0.1) is 12.2 Å². The molecule has 0 aliphatic carbocycles. The first kappa shape index (κ1) is 17.4. The summed E-state index contributed by atoms with van der Waals surface area (Å²) in [7, 11) is 0. The van der Waals surface area contributed by atoms with Crippen molar-refractivity contribution in [2.24, 2.45) is 0 Å². The number of nitrogens with zero attached hydrogens (tertiary/aromatic N) is 2. The second-order valence-electron chi connectivity index (χ2n) is 5.32. The summed E-state index contributed by atoms with van der Waals surface area (Å²) in [5, 5.41) is 8.86. The summed E-state index contributed by atoms with van der Waals surface area (Å²) in [5.74, 6) is 0. The number of aliphatic hydroxyl groups excluding tert-OH is 1. The quantitative estimate of drug-likeness (QED) is 0.847. The fourth-order valence-corrected chi connectivity index (χ4v) is 2.38. The average Bonchev–Trinajstić information content (AvgIpc) is 2.52. The van der Waals surface area contributed by atoms with Crippen LogP contribution in [0.5, 0.6) is 0 Å². The van der Waals surface area contributed by atoms with Crippen molar-refractivity contribution >= 4 is 0 Å². The molecule has 1 aromatic carbocycles. The fraction of sp³-hybridized carbons (Fsp3) is 0.353. The lowest BCUT2D eigenvalue weighted by Crippen LogP contribution is -2.34. The van der Waals surface area contributed by atoms with Gasteiger partial charge in [0.1, 0.15) is 0 Å². The Morgan fingerprint density at radius 2 is 1.91 bits per heavy atom. The zero-order chi connectivity index (χ0) is 16.7. The molecule has 2 aromatic rings. The number of hydrogen-bond donors (Lipinski definition) is 1. The molecular formula is C17H19F3N2O. The Labute approximate surface area is 133 Å². The molecule has 0 unspecified atom stereocenters. The molecule has 0 saturated heterocycles. The molecule has 0 fully saturated rings. The van der Waals surface area contributed by atoms with E-state index in [0.717, 1.165) is 16.8 Å². The lowest BCUT2D eigenvalue weighted by molar-refractivity contribution is -0.147. The largest absolute Gasteiger partial charge is 0.401 e. The van der Waals surface area contributed by atoms with Gasteiger partial charge in [0.25, 0.3) is 0 Å². The normalized spacial score (nSPS) is 11.9. The third kappa shape index (κ3) is 6.00. The first-order chi connectivity index (χ1) is 11.0. The molecule has 0 amide bonds. The standard InChI is InChI=1S/C17H19F3N2O/c18-17(19,20)13-22(9-4-10-23)12-14-5-3-6-15(11-14)16-7-1-2-8-21-16/h1-3,5-8,11,23H,4,9-10,12-13H2. The molecule has 1 aromatic heterocycles. The van der Waals surface area contributed by atoms with E-state index in [1.54, 1.807) is 12.3 Å². The van der Waals surface area contributed by atoms with E-state index >= 15 is 0 Å². The van der Waals surface area contributed by atoms with Crippen molar-refractivity contribution < 1.29 is 18.3 Å². The molecule has 0 spiro atoms. The number of aliphatic hydroxyl groups is 1. The van der Waals surface area contributed by atoms with E-state index in [4.69, 9.17) is 5.11 Å². The van der Waals surface area contributed by atoms with Crippen LogP contribution in [0.25, 0.3) is 11.3 Å². The second kappa shape index (κ2) is 8.08. The summed E-state index contributed by atoms with van der Waals surface area (Å²) >= 11 is 0. The maximum atomic E-state index is 12.7. The highest BCUT2D eigenvalue weighted by atomic mass is 19.4. The molecule has 0 bridgehead atoms. The Hall–Kier alpha value is -1.92. The summed E-state index contributed by atoms with van der Waals surface area (Å²) in [4.78, 5) is 5.55. The zero-order valence-corrected chi connectivity index (χ0v) is 12.6. The number of alkyl halides is 3. The van der Waals surface area contributed by atoms with Gasteiger partial charge in [-0.3, -0.25) is 9.88 Å². The SMILES string of the molecule is OCCCN(Cc1cccc(-c2ccccn2)c1)CC(F)(F)F. The van der Waals surface area contributed by atoms with Crippen molar-refractivity contribution in [3.63, 3.8) is 0 Å². The highest BCUT2D eigenvalue weighted by Crippen LogP contribution is 2.21. The molecule has 1 heterocycles. The van der Waals surface area contributed by atoms with Crippen molar-refractivity contribution in [3.8, 4) is 11.3 Å². The predicted octanol–water partition coefficient (Wildman–Crippen LogP) is 3.50. The first-order valence-electron chi connectivity index (χ1n) is 7.38. The minimum Gasteiger partial charge on any atom is -0.396 e. The molecule has 0 saturated carbocycles. The van der Waals surface area contributed by atoms with Crippen LogP contribution in [0, 0.1) is 0 Å². The third-order valence-electron chi connectivity index (χ3n) is 3.33. The minimum atomic E-state index is -4.26. The molecule has 3 nitrogen and oxygen atoms in total. The van der Waals surface area contributed by atoms with Gasteiger partial charge in [-0.15, -0.1) is 0 Å². The number of benzene rings is 1. The highest BCUT2D eigenvalue weighted by Gasteiger charge is 2.30. The fourth-order valence-electron chi connectivity index (χ4n) is 2.38. The molecule has 1 N–H and O–H groups in total. The molecule has 124 valence electrons. The Bertz CT molecular complexity index is 602. The van der Waals surface area contributed by atoms with Gasteiger partial charge in [-0.25, -0.2) is 0 Å². The minimum absolute atomic E-state index is 0.123. The molecule has 6 heteroatoms. The van der Waals surface area contributed by atoms with E-state index < -0.39 is 12.7 Å². The Kier molecular flexibility index (Phi) is 6.12. The number of pyridine rings is 1. The monoisotopic (exact) mass is 324 g/mol. The van der Waals surface area contributed by atoms with Gasteiger partial charge in [0.15, 0.2) is 0 Å². The maximum absolute atomic E-state index is 12.7. The van der Waals surface area contributed by atoms with Crippen LogP contribution in [0.2, 0.25) is 0 Å². The van der Waals surface area contributed by atoms with Crippen LogP contribution in [0.4, 0.5) is 13.2 Å². The number of hydrogen-bond acceptors (Lipinski definition) is 3. The van der Waals surface area contributed by atoms with E-state index in [0.29, 0.717) is 6.42 Å². The van der Waals surface area contributed by atoms with Crippen molar-refractivity contribution in [3.05, 3.63) is 54.2 Å². The maximum Gasteiger partial charge on any atom is 0.401 e. The highest BCUT2D eigenvalue weighted by molar-refractivity contribution is 5.59. The van der Waals surface area contributed by atoms with Crippen LogP contribution in [0.1, 0.15) is 12.0 Å². The van der Waals surface area contributed by atoms with E-state index in [2.05, 4.69) is 4.98 Å². The summed E-state index contributed by atoms with van der Waals surface area (Å²) in [6, 6.07) is 12.9.